The van der Waals surface area contributed by atoms with Gasteiger partial charge in [-0.3, -0.25) is 9.69 Å². The summed E-state index contributed by atoms with van der Waals surface area (Å²) in [6, 6.07) is 21.0. The van der Waals surface area contributed by atoms with Gasteiger partial charge in [0.05, 0.1) is 0 Å². The molecule has 3 rings (SSSR count). The molecule has 0 aromatic heterocycles. The van der Waals surface area contributed by atoms with E-state index in [2.05, 4.69) is 36.2 Å². The molecular formula is C18H19NO. The van der Waals surface area contributed by atoms with E-state index in [9.17, 15) is 4.79 Å². The zero-order chi connectivity index (χ0) is 13.9. The second kappa shape index (κ2) is 5.59. The summed E-state index contributed by atoms with van der Waals surface area (Å²) in [5.41, 5.74) is 2.45. The SMILES string of the molecule is CN1[C@@H](c2ccccc2)CC(=O)C[C@@H]1c1ccccc1. The Bertz CT molecular complexity index is 527. The van der Waals surface area contributed by atoms with Crippen LogP contribution in [0.4, 0.5) is 0 Å². The predicted octanol–water partition coefficient (Wildman–Crippen LogP) is 3.76. The fourth-order valence-electron chi connectivity index (χ4n) is 3.08. The van der Waals surface area contributed by atoms with Crippen LogP contribution in [0, 0.1) is 0 Å². The molecule has 0 saturated carbocycles. The third-order valence-corrected chi connectivity index (χ3v) is 4.19. The summed E-state index contributed by atoms with van der Waals surface area (Å²) in [5.74, 6) is 0.353. The van der Waals surface area contributed by atoms with E-state index >= 15 is 0 Å². The Morgan fingerprint density at radius 3 is 1.60 bits per heavy atom. The largest absolute Gasteiger partial charge is 0.300 e. The van der Waals surface area contributed by atoms with Crippen molar-refractivity contribution < 1.29 is 4.79 Å². The molecule has 0 spiro atoms. The summed E-state index contributed by atoms with van der Waals surface area (Å²) in [7, 11) is 2.13. The number of hydrogen-bond donors (Lipinski definition) is 0. The van der Waals surface area contributed by atoms with Crippen molar-refractivity contribution in [1.29, 1.82) is 0 Å². The number of hydrogen-bond acceptors (Lipinski definition) is 2. The Kier molecular flexibility index (Phi) is 3.66. The quantitative estimate of drug-likeness (QED) is 0.824. The lowest BCUT2D eigenvalue weighted by Gasteiger charge is -2.39. The molecule has 0 amide bonds. The number of Topliss-reactive ketones (excluding diaryl/α,β-unsaturated/α-hetero) is 1. The van der Waals surface area contributed by atoms with Crippen LogP contribution >= 0.6 is 0 Å². The topological polar surface area (TPSA) is 20.3 Å². The standard InChI is InChI=1S/C18H19NO/c1-19-17(14-8-4-2-5-9-14)12-16(20)13-18(19)15-10-6-3-7-11-15/h2-11,17-18H,12-13H2,1H3/t17-,18-/m1/s1. The van der Waals surface area contributed by atoms with E-state index in [1.54, 1.807) is 0 Å². The van der Waals surface area contributed by atoms with Gasteiger partial charge in [0.25, 0.3) is 0 Å². The lowest BCUT2D eigenvalue weighted by Crippen LogP contribution is -2.37. The number of ketones is 1. The first kappa shape index (κ1) is 13.1. The average molecular weight is 265 g/mol. The van der Waals surface area contributed by atoms with Crippen LogP contribution in [-0.4, -0.2) is 17.7 Å². The first-order valence-electron chi connectivity index (χ1n) is 7.09. The fourth-order valence-corrected chi connectivity index (χ4v) is 3.08. The molecule has 0 N–H and O–H groups in total. The first-order chi connectivity index (χ1) is 9.75. The van der Waals surface area contributed by atoms with Crippen LogP contribution in [0.5, 0.6) is 0 Å². The normalized spacial score (nSPS) is 23.8. The summed E-state index contributed by atoms with van der Waals surface area (Å²) >= 11 is 0. The molecule has 1 saturated heterocycles. The zero-order valence-corrected chi connectivity index (χ0v) is 11.7. The highest BCUT2D eigenvalue weighted by molar-refractivity contribution is 5.81. The van der Waals surface area contributed by atoms with Gasteiger partial charge >= 0.3 is 0 Å². The second-order valence-corrected chi connectivity index (χ2v) is 5.47. The summed E-state index contributed by atoms with van der Waals surface area (Å²) in [4.78, 5) is 14.5. The van der Waals surface area contributed by atoms with Crippen LogP contribution in [0.3, 0.4) is 0 Å². The van der Waals surface area contributed by atoms with Crippen LogP contribution in [0.15, 0.2) is 60.7 Å². The summed E-state index contributed by atoms with van der Waals surface area (Å²) in [5, 5.41) is 0. The lowest BCUT2D eigenvalue weighted by atomic mass is 9.87. The third kappa shape index (κ3) is 2.52. The van der Waals surface area contributed by atoms with E-state index in [0.717, 1.165) is 0 Å². The molecule has 1 fully saturated rings. The molecular weight excluding hydrogens is 246 g/mol. The maximum atomic E-state index is 12.1. The van der Waals surface area contributed by atoms with Crippen molar-refractivity contribution in [2.75, 3.05) is 7.05 Å². The highest BCUT2D eigenvalue weighted by Crippen LogP contribution is 2.38. The molecule has 102 valence electrons. The molecule has 1 aliphatic heterocycles. The molecule has 0 unspecified atom stereocenters. The molecule has 0 radical (unpaired) electrons. The smallest absolute Gasteiger partial charge is 0.136 e. The van der Waals surface area contributed by atoms with E-state index in [-0.39, 0.29) is 12.1 Å². The van der Waals surface area contributed by atoms with Gasteiger partial charge in [0.2, 0.25) is 0 Å². The number of carbonyl (C=O) groups excluding carboxylic acids is 1. The lowest BCUT2D eigenvalue weighted by molar-refractivity contribution is -0.125. The summed E-state index contributed by atoms with van der Waals surface area (Å²) in [6.07, 6.45) is 1.23. The summed E-state index contributed by atoms with van der Waals surface area (Å²) in [6.45, 7) is 0. The fraction of sp³-hybridized carbons (Fsp3) is 0.278. The van der Waals surface area contributed by atoms with Crippen molar-refractivity contribution in [3.8, 4) is 0 Å². The minimum Gasteiger partial charge on any atom is -0.300 e. The van der Waals surface area contributed by atoms with Crippen LogP contribution in [0.2, 0.25) is 0 Å². The number of likely N-dealkylation sites (tertiary alicyclic amines) is 1. The maximum Gasteiger partial charge on any atom is 0.136 e. The minimum atomic E-state index is 0.183. The monoisotopic (exact) mass is 265 g/mol. The van der Waals surface area contributed by atoms with Crippen molar-refractivity contribution in [1.82, 2.24) is 4.90 Å². The Hall–Kier alpha value is -1.93. The average Bonchev–Trinajstić information content (AvgIpc) is 2.51. The van der Waals surface area contributed by atoms with Crippen molar-refractivity contribution in [3.63, 3.8) is 0 Å². The molecule has 1 aliphatic rings. The highest BCUT2D eigenvalue weighted by atomic mass is 16.1. The third-order valence-electron chi connectivity index (χ3n) is 4.19. The Morgan fingerprint density at radius 1 is 0.800 bits per heavy atom. The summed E-state index contributed by atoms with van der Waals surface area (Å²) < 4.78 is 0. The Balaban J connectivity index is 1.92. The molecule has 0 bridgehead atoms. The Morgan fingerprint density at radius 2 is 1.20 bits per heavy atom. The molecule has 20 heavy (non-hydrogen) atoms. The number of rotatable bonds is 2. The van der Waals surface area contributed by atoms with E-state index in [1.165, 1.54) is 11.1 Å². The van der Waals surface area contributed by atoms with E-state index in [0.29, 0.717) is 18.6 Å². The van der Waals surface area contributed by atoms with Gasteiger partial charge in [0.15, 0.2) is 0 Å². The molecule has 1 heterocycles. The molecule has 0 aliphatic carbocycles. The van der Waals surface area contributed by atoms with Gasteiger partial charge in [-0.05, 0) is 18.2 Å². The predicted molar refractivity (Wildman–Crippen MR) is 80.4 cm³/mol. The van der Waals surface area contributed by atoms with E-state index in [4.69, 9.17) is 0 Å². The van der Waals surface area contributed by atoms with Gasteiger partial charge in [-0.1, -0.05) is 60.7 Å². The number of benzene rings is 2. The second-order valence-electron chi connectivity index (χ2n) is 5.47. The van der Waals surface area contributed by atoms with Crippen LogP contribution < -0.4 is 0 Å². The Labute approximate surface area is 120 Å². The highest BCUT2D eigenvalue weighted by Gasteiger charge is 2.33. The molecule has 2 heteroatoms. The van der Waals surface area contributed by atoms with E-state index < -0.39 is 0 Å². The zero-order valence-electron chi connectivity index (χ0n) is 11.7. The number of carbonyl (C=O) groups is 1. The van der Waals surface area contributed by atoms with Gasteiger partial charge in [0.1, 0.15) is 5.78 Å². The number of nitrogens with zero attached hydrogens (tertiary/aromatic N) is 1. The molecule has 2 nitrogen and oxygen atoms in total. The van der Waals surface area contributed by atoms with Crippen molar-refractivity contribution >= 4 is 5.78 Å². The molecule has 2 aromatic rings. The van der Waals surface area contributed by atoms with Gasteiger partial charge in [0, 0.05) is 24.9 Å². The first-order valence-corrected chi connectivity index (χ1v) is 7.09. The van der Waals surface area contributed by atoms with Gasteiger partial charge in [-0.2, -0.15) is 0 Å². The van der Waals surface area contributed by atoms with Crippen LogP contribution in [-0.2, 0) is 4.79 Å². The van der Waals surface area contributed by atoms with Crippen LogP contribution in [0.25, 0.3) is 0 Å². The van der Waals surface area contributed by atoms with Gasteiger partial charge in [-0.25, -0.2) is 0 Å². The van der Waals surface area contributed by atoms with Gasteiger partial charge in [-0.15, -0.1) is 0 Å². The van der Waals surface area contributed by atoms with E-state index in [1.807, 2.05) is 36.4 Å². The van der Waals surface area contributed by atoms with Crippen molar-refractivity contribution in [3.05, 3.63) is 71.8 Å². The number of piperidine rings is 1. The molecule has 2 atom stereocenters. The van der Waals surface area contributed by atoms with Crippen LogP contribution in [0.1, 0.15) is 36.1 Å². The minimum absolute atomic E-state index is 0.183. The van der Waals surface area contributed by atoms with Gasteiger partial charge < -0.3 is 0 Å². The maximum absolute atomic E-state index is 12.1. The van der Waals surface area contributed by atoms with Crippen molar-refractivity contribution in [2.45, 2.75) is 24.9 Å². The molecule has 2 aromatic carbocycles. The van der Waals surface area contributed by atoms with Crippen molar-refractivity contribution in [2.24, 2.45) is 0 Å².